The zero-order valence-corrected chi connectivity index (χ0v) is 10.1. The van der Waals surface area contributed by atoms with E-state index in [0.717, 1.165) is 12.8 Å². The second-order valence-electron chi connectivity index (χ2n) is 2.08. The molecule has 13 heavy (non-hydrogen) atoms. The first-order chi connectivity index (χ1) is 6.31. The van der Waals surface area contributed by atoms with Crippen molar-refractivity contribution in [3.63, 3.8) is 0 Å². The van der Waals surface area contributed by atoms with Crippen LogP contribution in [0, 0.1) is 0 Å². The molecule has 0 aromatic carbocycles. The Bertz CT molecular complexity index is 118. The molecule has 0 saturated heterocycles. The van der Waals surface area contributed by atoms with Crippen LogP contribution in [0.25, 0.3) is 0 Å². The highest BCUT2D eigenvalue weighted by Gasteiger charge is 1.82. The summed E-state index contributed by atoms with van der Waals surface area (Å²) < 4.78 is 0. The quantitative estimate of drug-likeness (QED) is 0.417. The van der Waals surface area contributed by atoms with Crippen molar-refractivity contribution in [2.75, 3.05) is 0 Å². The van der Waals surface area contributed by atoms with Crippen molar-refractivity contribution in [1.29, 1.82) is 0 Å². The van der Waals surface area contributed by atoms with Gasteiger partial charge in [0.1, 0.15) is 0 Å². The molecule has 0 nitrogen and oxygen atoms in total. The molecule has 0 bridgehead atoms. The van der Waals surface area contributed by atoms with Crippen molar-refractivity contribution in [3.8, 4) is 0 Å². The molecule has 0 atom stereocenters. The maximum atomic E-state index is 3.64. The minimum atomic E-state index is 1.07. The van der Waals surface area contributed by atoms with E-state index < -0.39 is 0 Å². The normalized spacial score (nSPS) is 8.54. The molecule has 0 heteroatoms. The van der Waals surface area contributed by atoms with E-state index in [2.05, 4.69) is 20.1 Å². The predicted molar refractivity (Wildman–Crippen MR) is 66.1 cm³/mol. The van der Waals surface area contributed by atoms with E-state index in [1.807, 2.05) is 45.9 Å². The Morgan fingerprint density at radius 2 is 1.54 bits per heavy atom. The van der Waals surface area contributed by atoms with Gasteiger partial charge in [0.25, 0.3) is 0 Å². The van der Waals surface area contributed by atoms with Crippen LogP contribution in [0.15, 0.2) is 37.0 Å². The van der Waals surface area contributed by atoms with Gasteiger partial charge in [-0.1, -0.05) is 58.1 Å². The molecule has 78 valence electrons. The molecule has 0 spiro atoms. The molecular weight excluding hydrogens is 156 g/mol. The Hall–Kier alpha value is -0.780. The van der Waals surface area contributed by atoms with Gasteiger partial charge in [-0.25, -0.2) is 0 Å². The van der Waals surface area contributed by atoms with Crippen LogP contribution in [0.4, 0.5) is 0 Å². The minimum absolute atomic E-state index is 1.07. The second kappa shape index (κ2) is 22.5. The minimum Gasteiger partial charge on any atom is -0.103 e. The number of rotatable bonds is 4. The summed E-state index contributed by atoms with van der Waals surface area (Å²) in [4.78, 5) is 0. The summed E-state index contributed by atoms with van der Waals surface area (Å²) in [5.41, 5.74) is 1.37. The largest absolute Gasteiger partial charge is 0.103 e. The third kappa shape index (κ3) is 24.7. The van der Waals surface area contributed by atoms with Gasteiger partial charge in [-0.2, -0.15) is 0 Å². The molecule has 0 rings (SSSR count). The molecule has 0 heterocycles. The van der Waals surface area contributed by atoms with Gasteiger partial charge < -0.3 is 0 Å². The first-order valence-corrected chi connectivity index (χ1v) is 5.20. The fourth-order valence-electron chi connectivity index (χ4n) is 0.614. The third-order valence-corrected chi connectivity index (χ3v) is 1.15. The van der Waals surface area contributed by atoms with Gasteiger partial charge in [0.2, 0.25) is 0 Å². The van der Waals surface area contributed by atoms with E-state index in [0.29, 0.717) is 0 Å². The van der Waals surface area contributed by atoms with Crippen molar-refractivity contribution < 1.29 is 0 Å². The van der Waals surface area contributed by atoms with Crippen molar-refractivity contribution >= 4 is 0 Å². The molecule has 0 aromatic heterocycles. The van der Waals surface area contributed by atoms with Crippen LogP contribution in [0.5, 0.6) is 0 Å². The molecule has 0 aliphatic heterocycles. The lowest BCUT2D eigenvalue weighted by Crippen LogP contribution is -1.72. The van der Waals surface area contributed by atoms with E-state index in [1.54, 1.807) is 0 Å². The maximum absolute atomic E-state index is 3.64. The number of hydrogen-bond donors (Lipinski definition) is 0. The summed E-state index contributed by atoms with van der Waals surface area (Å²) in [6.45, 7) is 17.3. The Labute approximate surface area is 85.1 Å². The topological polar surface area (TPSA) is 0 Å². The molecule has 0 aliphatic rings. The van der Waals surface area contributed by atoms with Gasteiger partial charge in [-0.15, -0.1) is 6.58 Å². The standard InChI is InChI=1S/C9H14.2C2H6/c1-4-6-8-9(3)7-5-2;2*1-2/h4-5,7H,1-2,6,8H2,3H3;2*1-2H3/b9-7-;;. The maximum Gasteiger partial charge on any atom is -0.0285 e. The molecule has 0 amide bonds. The fourth-order valence-corrected chi connectivity index (χ4v) is 0.614. The lowest BCUT2D eigenvalue weighted by molar-refractivity contribution is 0.981. The Morgan fingerprint density at radius 1 is 1.08 bits per heavy atom. The molecule has 0 N–H and O–H groups in total. The molecular formula is C13H26. The number of allylic oxidation sites excluding steroid dienone is 4. The first-order valence-electron chi connectivity index (χ1n) is 5.20. The molecule has 0 aliphatic carbocycles. The van der Waals surface area contributed by atoms with E-state index in [1.165, 1.54) is 5.57 Å². The summed E-state index contributed by atoms with van der Waals surface area (Å²) >= 11 is 0. The zero-order valence-electron chi connectivity index (χ0n) is 10.1. The predicted octanol–water partition coefficient (Wildman–Crippen LogP) is 5.14. The second-order valence-corrected chi connectivity index (χ2v) is 2.08. The van der Waals surface area contributed by atoms with Crippen LogP contribution in [-0.2, 0) is 0 Å². The third-order valence-electron chi connectivity index (χ3n) is 1.15. The number of hydrogen-bond acceptors (Lipinski definition) is 0. The van der Waals surface area contributed by atoms with Gasteiger partial charge in [-0.05, 0) is 19.8 Å². The average Bonchev–Trinajstić information content (AvgIpc) is 2.21. The molecule has 0 radical (unpaired) electrons. The Balaban J connectivity index is -0.000000218. The van der Waals surface area contributed by atoms with Crippen LogP contribution >= 0.6 is 0 Å². The summed E-state index contributed by atoms with van der Waals surface area (Å²) in [5, 5.41) is 0. The zero-order chi connectivity index (χ0) is 11.1. The lowest BCUT2D eigenvalue weighted by atomic mass is 10.1. The Kier molecular flexibility index (Phi) is 31.3. The molecule has 0 saturated carbocycles. The summed E-state index contributed by atoms with van der Waals surface area (Å²) in [6.07, 6.45) is 7.95. The van der Waals surface area contributed by atoms with Gasteiger partial charge in [0, 0.05) is 0 Å². The summed E-state index contributed by atoms with van der Waals surface area (Å²) in [7, 11) is 0. The molecule has 0 unspecified atom stereocenters. The SMILES string of the molecule is C=C/C=C(/C)CCC=C.CC.CC. The highest BCUT2D eigenvalue weighted by molar-refractivity contribution is 5.07. The van der Waals surface area contributed by atoms with Crippen molar-refractivity contribution in [1.82, 2.24) is 0 Å². The van der Waals surface area contributed by atoms with Crippen LogP contribution < -0.4 is 0 Å². The highest BCUT2D eigenvalue weighted by Crippen LogP contribution is 2.02. The van der Waals surface area contributed by atoms with Crippen LogP contribution in [0.2, 0.25) is 0 Å². The van der Waals surface area contributed by atoms with Crippen molar-refractivity contribution in [2.24, 2.45) is 0 Å². The molecule has 0 fully saturated rings. The summed E-state index contributed by atoms with van der Waals surface area (Å²) in [6, 6.07) is 0. The van der Waals surface area contributed by atoms with E-state index in [9.17, 15) is 0 Å². The average molecular weight is 182 g/mol. The monoisotopic (exact) mass is 182 g/mol. The first kappa shape index (κ1) is 18.1. The fraction of sp³-hybridized carbons (Fsp3) is 0.538. The van der Waals surface area contributed by atoms with Gasteiger partial charge >= 0.3 is 0 Å². The van der Waals surface area contributed by atoms with Crippen LogP contribution in [-0.4, -0.2) is 0 Å². The van der Waals surface area contributed by atoms with Gasteiger partial charge in [-0.3, -0.25) is 0 Å². The smallest absolute Gasteiger partial charge is 0.0285 e. The van der Waals surface area contributed by atoms with Crippen LogP contribution in [0.3, 0.4) is 0 Å². The van der Waals surface area contributed by atoms with Crippen LogP contribution in [0.1, 0.15) is 47.5 Å². The molecule has 0 aromatic rings. The van der Waals surface area contributed by atoms with E-state index in [4.69, 9.17) is 0 Å². The highest BCUT2D eigenvalue weighted by atomic mass is 13.9. The lowest BCUT2D eigenvalue weighted by Gasteiger charge is -1.92. The van der Waals surface area contributed by atoms with E-state index in [-0.39, 0.29) is 0 Å². The Morgan fingerprint density at radius 3 is 1.85 bits per heavy atom. The van der Waals surface area contributed by atoms with Gasteiger partial charge in [0.15, 0.2) is 0 Å². The summed E-state index contributed by atoms with van der Waals surface area (Å²) in [5.74, 6) is 0. The van der Waals surface area contributed by atoms with E-state index >= 15 is 0 Å². The van der Waals surface area contributed by atoms with Crippen molar-refractivity contribution in [3.05, 3.63) is 37.0 Å². The van der Waals surface area contributed by atoms with Crippen molar-refractivity contribution in [2.45, 2.75) is 47.5 Å². The van der Waals surface area contributed by atoms with Gasteiger partial charge in [0.05, 0.1) is 0 Å².